The van der Waals surface area contributed by atoms with E-state index in [1.54, 1.807) is 0 Å². The van der Waals surface area contributed by atoms with Crippen LogP contribution < -0.4 is 5.32 Å². The number of rotatable bonds is 3. The van der Waals surface area contributed by atoms with E-state index in [0.717, 1.165) is 11.3 Å². The van der Waals surface area contributed by atoms with Crippen LogP contribution in [-0.2, 0) is 0 Å². The molecule has 0 bridgehead atoms. The maximum atomic E-state index is 9.10. The molecule has 1 heterocycles. The lowest BCUT2D eigenvalue weighted by Gasteiger charge is -2.12. The van der Waals surface area contributed by atoms with Gasteiger partial charge in [-0.25, -0.2) is 9.97 Å². The third-order valence-electron chi connectivity index (χ3n) is 2.69. The van der Waals surface area contributed by atoms with Crippen LogP contribution in [0.1, 0.15) is 16.8 Å². The molecule has 0 radical (unpaired) electrons. The third-order valence-corrected chi connectivity index (χ3v) is 2.87. The van der Waals surface area contributed by atoms with Gasteiger partial charge in [0.05, 0.1) is 17.5 Å². The van der Waals surface area contributed by atoms with Crippen LogP contribution in [0.5, 0.6) is 0 Å². The number of hydrogen-bond acceptors (Lipinski definition) is 4. The Balaban J connectivity index is 2.56. The van der Waals surface area contributed by atoms with Crippen LogP contribution in [0.4, 0.5) is 5.69 Å². The maximum Gasteiger partial charge on any atom is 0.222 e. The first-order valence-electron chi connectivity index (χ1n) is 5.56. The summed E-state index contributed by atoms with van der Waals surface area (Å²) in [5.74, 6) is 0. The molecule has 2 aromatic rings. The Kier molecular flexibility index (Phi) is 3.79. The minimum atomic E-state index is 0.0945. The highest BCUT2D eigenvalue weighted by atomic mass is 35.5. The first kappa shape index (κ1) is 13.1. The van der Waals surface area contributed by atoms with E-state index in [2.05, 4.69) is 21.9 Å². The van der Waals surface area contributed by atoms with Gasteiger partial charge in [0.1, 0.15) is 6.07 Å². The van der Waals surface area contributed by atoms with Gasteiger partial charge < -0.3 is 5.32 Å². The van der Waals surface area contributed by atoms with Crippen LogP contribution >= 0.6 is 11.6 Å². The Hall–Kier alpha value is -2.38. The van der Waals surface area contributed by atoms with Crippen LogP contribution in [0.15, 0.2) is 37.0 Å². The lowest BCUT2D eigenvalue weighted by atomic mass is 10.00. The molecule has 0 aliphatic carbocycles. The van der Waals surface area contributed by atoms with Gasteiger partial charge in [0, 0.05) is 23.9 Å². The molecular weight excluding hydrogens is 260 g/mol. The number of halogens is 1. The molecule has 0 atom stereocenters. The zero-order valence-corrected chi connectivity index (χ0v) is 11.1. The second-order valence-electron chi connectivity index (χ2n) is 3.79. The number of aromatic nitrogens is 2. The second-order valence-corrected chi connectivity index (χ2v) is 4.13. The van der Waals surface area contributed by atoms with Crippen molar-refractivity contribution in [3.05, 3.63) is 59.1 Å². The van der Waals surface area contributed by atoms with Gasteiger partial charge in [0.15, 0.2) is 0 Å². The van der Waals surface area contributed by atoms with E-state index in [1.165, 1.54) is 6.20 Å². The van der Waals surface area contributed by atoms with Crippen LogP contribution in [0.25, 0.3) is 5.57 Å². The van der Waals surface area contributed by atoms with Crippen molar-refractivity contribution in [2.45, 2.75) is 0 Å². The van der Waals surface area contributed by atoms with E-state index in [-0.39, 0.29) is 5.28 Å². The molecule has 0 amide bonds. The van der Waals surface area contributed by atoms with Crippen LogP contribution in [0.3, 0.4) is 0 Å². The number of nitrogens with one attached hydrogen (secondary N) is 1. The molecule has 0 aliphatic heterocycles. The largest absolute Gasteiger partial charge is 0.388 e. The summed E-state index contributed by atoms with van der Waals surface area (Å²) in [6, 6.07) is 9.70. The minimum Gasteiger partial charge on any atom is -0.388 e. The van der Waals surface area contributed by atoms with Crippen molar-refractivity contribution in [2.24, 2.45) is 0 Å². The fourth-order valence-corrected chi connectivity index (χ4v) is 1.90. The molecule has 19 heavy (non-hydrogen) atoms. The molecule has 0 unspecified atom stereocenters. The number of para-hydroxylation sites is 1. The Morgan fingerprint density at radius 1 is 1.42 bits per heavy atom. The van der Waals surface area contributed by atoms with Crippen LogP contribution in [0.2, 0.25) is 5.28 Å². The predicted molar refractivity (Wildman–Crippen MR) is 75.9 cm³/mol. The summed E-state index contributed by atoms with van der Waals surface area (Å²) in [5.41, 5.74) is 3.21. The Morgan fingerprint density at radius 3 is 2.84 bits per heavy atom. The summed E-state index contributed by atoms with van der Waals surface area (Å²) in [4.78, 5) is 7.90. The van der Waals surface area contributed by atoms with Gasteiger partial charge in [0.2, 0.25) is 5.28 Å². The number of hydrogen-bond donors (Lipinski definition) is 1. The van der Waals surface area contributed by atoms with Gasteiger partial charge in [-0.3, -0.25) is 0 Å². The lowest BCUT2D eigenvalue weighted by molar-refractivity contribution is 1.13. The summed E-state index contributed by atoms with van der Waals surface area (Å²) in [5, 5.41) is 12.3. The molecule has 4 nitrogen and oxygen atoms in total. The van der Waals surface area contributed by atoms with Crippen molar-refractivity contribution in [3.8, 4) is 6.07 Å². The third kappa shape index (κ3) is 2.56. The quantitative estimate of drug-likeness (QED) is 0.871. The van der Waals surface area contributed by atoms with E-state index in [4.69, 9.17) is 16.9 Å². The summed E-state index contributed by atoms with van der Waals surface area (Å²) >= 11 is 5.79. The zero-order valence-electron chi connectivity index (χ0n) is 10.3. The van der Waals surface area contributed by atoms with Gasteiger partial charge in [-0.05, 0) is 17.7 Å². The number of nitriles is 1. The first-order valence-corrected chi connectivity index (χ1v) is 5.94. The molecule has 5 heteroatoms. The standard InChI is InChI=1S/C14H11ClN4/c1-9(11-5-3-4-6-12(11)17-2)13-10(7-16)8-18-14(15)19-13/h3-6,8,17H,1H2,2H3. The predicted octanol–water partition coefficient (Wildman–Crippen LogP) is 3.10. The molecule has 0 aliphatic rings. The van der Waals surface area contributed by atoms with Crippen molar-refractivity contribution in [2.75, 3.05) is 12.4 Å². The average Bonchev–Trinajstić information content (AvgIpc) is 2.46. The Bertz CT molecular complexity index is 673. The van der Waals surface area contributed by atoms with E-state index in [1.807, 2.05) is 37.4 Å². The topological polar surface area (TPSA) is 61.6 Å². The molecule has 2 rings (SSSR count). The summed E-state index contributed by atoms with van der Waals surface area (Å²) in [7, 11) is 1.82. The molecular formula is C14H11ClN4. The fourth-order valence-electron chi connectivity index (χ4n) is 1.76. The van der Waals surface area contributed by atoms with Gasteiger partial charge in [-0.2, -0.15) is 5.26 Å². The number of benzene rings is 1. The molecule has 1 aromatic carbocycles. The molecule has 0 saturated heterocycles. The summed E-state index contributed by atoms with van der Waals surface area (Å²) < 4.78 is 0. The molecule has 94 valence electrons. The number of nitrogens with zero attached hydrogens (tertiary/aromatic N) is 3. The molecule has 0 saturated carbocycles. The van der Waals surface area contributed by atoms with Gasteiger partial charge in [-0.15, -0.1) is 0 Å². The van der Waals surface area contributed by atoms with E-state index in [0.29, 0.717) is 16.8 Å². The lowest BCUT2D eigenvalue weighted by Crippen LogP contribution is -2.00. The fraction of sp³-hybridized carbons (Fsp3) is 0.0714. The molecule has 1 aromatic heterocycles. The SMILES string of the molecule is C=C(c1ccccc1NC)c1nc(Cl)ncc1C#N. The Morgan fingerprint density at radius 2 is 2.16 bits per heavy atom. The minimum absolute atomic E-state index is 0.0945. The van der Waals surface area contributed by atoms with Gasteiger partial charge >= 0.3 is 0 Å². The van der Waals surface area contributed by atoms with E-state index < -0.39 is 0 Å². The zero-order chi connectivity index (χ0) is 13.8. The molecule has 0 spiro atoms. The normalized spacial score (nSPS) is 9.74. The first-order chi connectivity index (χ1) is 9.17. The van der Waals surface area contributed by atoms with Gasteiger partial charge in [-0.1, -0.05) is 24.8 Å². The molecule has 0 fully saturated rings. The summed E-state index contributed by atoms with van der Waals surface area (Å²) in [6.45, 7) is 4.01. The van der Waals surface area contributed by atoms with Crippen molar-refractivity contribution in [3.63, 3.8) is 0 Å². The second kappa shape index (κ2) is 5.51. The van der Waals surface area contributed by atoms with Crippen molar-refractivity contribution in [1.82, 2.24) is 9.97 Å². The van der Waals surface area contributed by atoms with Crippen LogP contribution in [0, 0.1) is 11.3 Å². The highest BCUT2D eigenvalue weighted by molar-refractivity contribution is 6.28. The Labute approximate surface area is 116 Å². The number of anilines is 1. The highest BCUT2D eigenvalue weighted by Crippen LogP contribution is 2.28. The average molecular weight is 271 g/mol. The monoisotopic (exact) mass is 270 g/mol. The van der Waals surface area contributed by atoms with Gasteiger partial charge in [0.25, 0.3) is 0 Å². The molecule has 1 N–H and O–H groups in total. The van der Waals surface area contributed by atoms with E-state index >= 15 is 0 Å². The smallest absolute Gasteiger partial charge is 0.222 e. The maximum absolute atomic E-state index is 9.10. The van der Waals surface area contributed by atoms with Crippen molar-refractivity contribution < 1.29 is 0 Å². The van der Waals surface area contributed by atoms with Crippen LogP contribution in [-0.4, -0.2) is 17.0 Å². The highest BCUT2D eigenvalue weighted by Gasteiger charge is 2.13. The van der Waals surface area contributed by atoms with Crippen molar-refractivity contribution >= 4 is 22.9 Å². The summed E-state index contributed by atoms with van der Waals surface area (Å²) in [6.07, 6.45) is 1.40. The van der Waals surface area contributed by atoms with E-state index in [9.17, 15) is 0 Å². The van der Waals surface area contributed by atoms with Crippen molar-refractivity contribution in [1.29, 1.82) is 5.26 Å².